The highest BCUT2D eigenvalue weighted by Gasteiger charge is 2.08. The van der Waals surface area contributed by atoms with Gasteiger partial charge in [-0.15, -0.1) is 0 Å². The second kappa shape index (κ2) is 8.58. The fourth-order valence-electron chi connectivity index (χ4n) is 1.71. The molecule has 2 N–H and O–H groups in total. The number of rotatable bonds is 6. The highest BCUT2D eigenvalue weighted by Crippen LogP contribution is 2.32. The third-order valence-corrected chi connectivity index (χ3v) is 4.05. The first-order chi connectivity index (χ1) is 11.9. The standard InChI is InChI=1S/C15H11Br2N3O5/c16-12-4-9(5-13(17)15(12)22)7-18-19-14(21)8-25-11-3-1-2-10(6-11)20(23)24/h1-7,22H,8H2,(H,19,21)/b18-7-. The Labute approximate surface area is 158 Å². The van der Waals surface area contributed by atoms with E-state index in [1.807, 2.05) is 0 Å². The van der Waals surface area contributed by atoms with Crippen LogP contribution in [0.25, 0.3) is 0 Å². The number of amides is 1. The number of ether oxygens (including phenoxy) is 1. The topological polar surface area (TPSA) is 114 Å². The van der Waals surface area contributed by atoms with E-state index in [1.54, 1.807) is 12.1 Å². The van der Waals surface area contributed by atoms with Crippen LogP contribution in [0.4, 0.5) is 5.69 Å². The first-order valence-electron chi connectivity index (χ1n) is 6.74. The molecule has 0 unspecified atom stereocenters. The minimum atomic E-state index is -0.550. The highest BCUT2D eigenvalue weighted by atomic mass is 79.9. The molecule has 0 aromatic heterocycles. The summed E-state index contributed by atoms with van der Waals surface area (Å²) in [6.07, 6.45) is 1.39. The van der Waals surface area contributed by atoms with Gasteiger partial charge in [0.25, 0.3) is 11.6 Å². The zero-order valence-corrected chi connectivity index (χ0v) is 15.7. The van der Waals surface area contributed by atoms with Gasteiger partial charge in [-0.25, -0.2) is 5.43 Å². The van der Waals surface area contributed by atoms with Gasteiger partial charge in [-0.2, -0.15) is 5.10 Å². The zero-order valence-electron chi connectivity index (χ0n) is 12.5. The summed E-state index contributed by atoms with van der Waals surface area (Å²) in [7, 11) is 0. The Kier molecular flexibility index (Phi) is 6.48. The van der Waals surface area contributed by atoms with Crippen molar-refractivity contribution in [2.75, 3.05) is 6.61 Å². The van der Waals surface area contributed by atoms with Crippen molar-refractivity contribution in [3.63, 3.8) is 0 Å². The second-order valence-electron chi connectivity index (χ2n) is 4.67. The molecule has 0 spiro atoms. The number of benzene rings is 2. The van der Waals surface area contributed by atoms with Crippen LogP contribution < -0.4 is 10.2 Å². The van der Waals surface area contributed by atoms with Crippen LogP contribution in [0.2, 0.25) is 0 Å². The van der Waals surface area contributed by atoms with E-state index in [1.165, 1.54) is 30.5 Å². The third-order valence-electron chi connectivity index (χ3n) is 2.84. The van der Waals surface area contributed by atoms with Gasteiger partial charge in [0.15, 0.2) is 6.61 Å². The number of phenols is 1. The van der Waals surface area contributed by atoms with E-state index in [9.17, 15) is 20.0 Å². The molecule has 25 heavy (non-hydrogen) atoms. The van der Waals surface area contributed by atoms with Gasteiger partial charge in [-0.05, 0) is 55.6 Å². The average Bonchev–Trinajstić information content (AvgIpc) is 2.58. The number of aromatic hydroxyl groups is 1. The highest BCUT2D eigenvalue weighted by molar-refractivity contribution is 9.11. The summed E-state index contributed by atoms with van der Waals surface area (Å²) in [6, 6.07) is 8.76. The average molecular weight is 473 g/mol. The van der Waals surface area contributed by atoms with E-state index in [0.717, 1.165) is 0 Å². The summed E-state index contributed by atoms with van der Waals surface area (Å²) in [4.78, 5) is 21.8. The van der Waals surface area contributed by atoms with Gasteiger partial charge in [0.2, 0.25) is 0 Å². The molecule has 8 nitrogen and oxygen atoms in total. The lowest BCUT2D eigenvalue weighted by atomic mass is 10.2. The fourth-order valence-corrected chi connectivity index (χ4v) is 2.93. The third kappa shape index (κ3) is 5.54. The van der Waals surface area contributed by atoms with Gasteiger partial charge in [-0.1, -0.05) is 6.07 Å². The van der Waals surface area contributed by atoms with Crippen molar-refractivity contribution in [1.29, 1.82) is 0 Å². The van der Waals surface area contributed by atoms with Crippen molar-refractivity contribution in [3.05, 3.63) is 61.0 Å². The number of hydrazone groups is 1. The van der Waals surface area contributed by atoms with E-state index in [-0.39, 0.29) is 23.8 Å². The summed E-state index contributed by atoms with van der Waals surface area (Å²) < 4.78 is 6.13. The molecule has 10 heteroatoms. The van der Waals surface area contributed by atoms with Gasteiger partial charge in [0.1, 0.15) is 11.5 Å². The maximum atomic E-state index is 11.7. The maximum absolute atomic E-state index is 11.7. The van der Waals surface area contributed by atoms with E-state index in [2.05, 4.69) is 42.4 Å². The Hall–Kier alpha value is -2.46. The maximum Gasteiger partial charge on any atom is 0.277 e. The Morgan fingerprint density at radius 3 is 2.64 bits per heavy atom. The molecular formula is C15H11Br2N3O5. The molecule has 130 valence electrons. The van der Waals surface area contributed by atoms with Crippen molar-refractivity contribution >= 4 is 49.7 Å². The lowest BCUT2D eigenvalue weighted by Crippen LogP contribution is -2.24. The Bertz CT molecular complexity index is 819. The van der Waals surface area contributed by atoms with Gasteiger partial charge in [0, 0.05) is 6.07 Å². The normalized spacial score (nSPS) is 10.6. The van der Waals surface area contributed by atoms with Crippen LogP contribution in [-0.2, 0) is 4.79 Å². The molecule has 2 rings (SSSR count). The fraction of sp³-hybridized carbons (Fsp3) is 0.0667. The molecule has 0 radical (unpaired) electrons. The molecule has 2 aromatic rings. The minimum Gasteiger partial charge on any atom is -0.506 e. The first kappa shape index (κ1) is 18.9. The van der Waals surface area contributed by atoms with E-state index in [4.69, 9.17) is 4.74 Å². The van der Waals surface area contributed by atoms with Crippen LogP contribution in [-0.4, -0.2) is 28.8 Å². The van der Waals surface area contributed by atoms with Crippen molar-refractivity contribution in [2.45, 2.75) is 0 Å². The Morgan fingerprint density at radius 2 is 2.00 bits per heavy atom. The molecule has 2 aromatic carbocycles. The number of hydrogen-bond donors (Lipinski definition) is 2. The van der Waals surface area contributed by atoms with Crippen LogP contribution in [0.3, 0.4) is 0 Å². The Balaban J connectivity index is 1.88. The number of phenolic OH excluding ortho intramolecular Hbond substituents is 1. The molecule has 0 aliphatic heterocycles. The molecular weight excluding hydrogens is 462 g/mol. The molecule has 0 atom stereocenters. The second-order valence-corrected chi connectivity index (χ2v) is 6.38. The van der Waals surface area contributed by atoms with Crippen molar-refractivity contribution in [1.82, 2.24) is 5.43 Å². The summed E-state index contributed by atoms with van der Waals surface area (Å²) in [5.74, 6) is -0.258. The van der Waals surface area contributed by atoms with E-state index < -0.39 is 10.8 Å². The number of halogens is 2. The van der Waals surface area contributed by atoms with Crippen LogP contribution in [0.1, 0.15) is 5.56 Å². The Morgan fingerprint density at radius 1 is 1.32 bits per heavy atom. The quantitative estimate of drug-likeness (QED) is 0.380. The summed E-state index contributed by atoms with van der Waals surface area (Å²) in [5.41, 5.74) is 2.78. The van der Waals surface area contributed by atoms with Gasteiger partial charge >= 0.3 is 0 Å². The predicted molar refractivity (Wildman–Crippen MR) is 97.8 cm³/mol. The van der Waals surface area contributed by atoms with Crippen LogP contribution in [0.5, 0.6) is 11.5 Å². The minimum absolute atomic E-state index is 0.0616. The molecule has 0 bridgehead atoms. The smallest absolute Gasteiger partial charge is 0.277 e. The van der Waals surface area contributed by atoms with Gasteiger partial charge in [0.05, 0.1) is 26.1 Å². The zero-order chi connectivity index (χ0) is 18.4. The SMILES string of the molecule is O=C(COc1cccc([N+](=O)[O-])c1)N/N=C\c1cc(Br)c(O)c(Br)c1. The predicted octanol–water partition coefficient (Wildman–Crippen LogP) is 3.35. The lowest BCUT2D eigenvalue weighted by molar-refractivity contribution is -0.384. The number of nitrogens with one attached hydrogen (secondary N) is 1. The van der Waals surface area contributed by atoms with Gasteiger partial charge < -0.3 is 9.84 Å². The number of nitro groups is 1. The number of nitrogens with zero attached hydrogens (tertiary/aromatic N) is 2. The van der Waals surface area contributed by atoms with E-state index >= 15 is 0 Å². The lowest BCUT2D eigenvalue weighted by Gasteiger charge is -2.05. The first-order valence-corrected chi connectivity index (χ1v) is 8.32. The van der Waals surface area contributed by atoms with Gasteiger partial charge in [-0.3, -0.25) is 14.9 Å². The number of hydrogen-bond acceptors (Lipinski definition) is 6. The number of carbonyl (C=O) groups is 1. The number of non-ortho nitro benzene ring substituents is 1. The molecule has 0 fully saturated rings. The number of carbonyl (C=O) groups excluding carboxylic acids is 1. The molecule has 0 aliphatic carbocycles. The van der Waals surface area contributed by atoms with E-state index in [0.29, 0.717) is 14.5 Å². The molecule has 0 saturated heterocycles. The van der Waals surface area contributed by atoms with Crippen molar-refractivity contribution in [2.24, 2.45) is 5.10 Å². The van der Waals surface area contributed by atoms with Crippen LogP contribution >= 0.6 is 31.9 Å². The summed E-state index contributed by atoms with van der Waals surface area (Å²) in [6.45, 7) is -0.346. The monoisotopic (exact) mass is 471 g/mol. The molecule has 0 saturated carbocycles. The van der Waals surface area contributed by atoms with Crippen LogP contribution in [0, 0.1) is 10.1 Å². The molecule has 0 heterocycles. The largest absolute Gasteiger partial charge is 0.506 e. The van der Waals surface area contributed by atoms with Crippen molar-refractivity contribution < 1.29 is 19.6 Å². The van der Waals surface area contributed by atoms with Crippen LogP contribution in [0.15, 0.2) is 50.4 Å². The molecule has 0 aliphatic rings. The summed E-state index contributed by atoms with van der Waals surface area (Å²) in [5, 5.41) is 24.1. The number of nitro benzene ring substituents is 1. The summed E-state index contributed by atoms with van der Waals surface area (Å²) >= 11 is 6.37. The molecule has 1 amide bonds. The van der Waals surface area contributed by atoms with Crippen molar-refractivity contribution in [3.8, 4) is 11.5 Å².